The molecule has 0 fully saturated rings. The van der Waals surface area contributed by atoms with E-state index in [1.165, 1.54) is 39.3 Å². The van der Waals surface area contributed by atoms with Gasteiger partial charge < -0.3 is 9.47 Å². The molecule has 0 aliphatic heterocycles. The summed E-state index contributed by atoms with van der Waals surface area (Å²) in [5.74, 6) is -0.953. The first-order valence-electron chi connectivity index (χ1n) is 5.48. The average molecular weight is 254 g/mol. The summed E-state index contributed by atoms with van der Waals surface area (Å²) >= 11 is 0. The number of alkyl halides is 1. The summed E-state index contributed by atoms with van der Waals surface area (Å²) in [7, 11) is 2.83. The van der Waals surface area contributed by atoms with E-state index in [0.29, 0.717) is 5.75 Å². The van der Waals surface area contributed by atoms with E-state index < -0.39 is 17.7 Å². The number of carbonyl (C=O) groups is 2. The number of ether oxygens (including phenoxy) is 2. The van der Waals surface area contributed by atoms with Gasteiger partial charge in [0.1, 0.15) is 11.5 Å². The van der Waals surface area contributed by atoms with Crippen LogP contribution in [0.15, 0.2) is 18.2 Å². The predicted octanol–water partition coefficient (Wildman–Crippen LogP) is 2.20. The van der Waals surface area contributed by atoms with Gasteiger partial charge in [-0.2, -0.15) is 0 Å². The molecule has 0 amide bonds. The van der Waals surface area contributed by atoms with Crippen LogP contribution in [0.2, 0.25) is 0 Å². The second-order valence-corrected chi connectivity index (χ2v) is 3.61. The molecule has 1 aromatic carbocycles. The molecule has 0 aromatic heterocycles. The molecule has 1 aromatic rings. The van der Waals surface area contributed by atoms with Crippen molar-refractivity contribution in [1.82, 2.24) is 0 Å². The van der Waals surface area contributed by atoms with Gasteiger partial charge in [-0.15, -0.1) is 0 Å². The Labute approximate surface area is 105 Å². The Kier molecular flexibility index (Phi) is 4.83. The lowest BCUT2D eigenvalue weighted by Crippen LogP contribution is -2.25. The van der Waals surface area contributed by atoms with Crippen molar-refractivity contribution in [3.05, 3.63) is 23.8 Å². The quantitative estimate of drug-likeness (QED) is 0.577. The van der Waals surface area contributed by atoms with E-state index in [0.717, 1.165) is 0 Å². The molecule has 0 N–H and O–H groups in total. The van der Waals surface area contributed by atoms with Crippen molar-refractivity contribution >= 4 is 11.6 Å². The van der Waals surface area contributed by atoms with Crippen molar-refractivity contribution in [3.63, 3.8) is 0 Å². The Morgan fingerprint density at radius 3 is 2.44 bits per heavy atom. The Bertz CT molecular complexity index is 456. The first-order chi connectivity index (χ1) is 8.54. The van der Waals surface area contributed by atoms with Crippen LogP contribution in [0.1, 0.15) is 23.7 Å². The Morgan fingerprint density at radius 2 is 1.94 bits per heavy atom. The van der Waals surface area contributed by atoms with Gasteiger partial charge in [0.05, 0.1) is 19.8 Å². The van der Waals surface area contributed by atoms with Crippen LogP contribution in [0.3, 0.4) is 0 Å². The van der Waals surface area contributed by atoms with E-state index in [4.69, 9.17) is 9.47 Å². The lowest BCUT2D eigenvalue weighted by molar-refractivity contribution is -0.121. The van der Waals surface area contributed by atoms with Crippen LogP contribution in [0.5, 0.6) is 11.5 Å². The third kappa shape index (κ3) is 2.85. The van der Waals surface area contributed by atoms with Gasteiger partial charge in [-0.3, -0.25) is 9.59 Å². The third-order valence-corrected chi connectivity index (χ3v) is 2.54. The fourth-order valence-electron chi connectivity index (χ4n) is 1.46. The van der Waals surface area contributed by atoms with Gasteiger partial charge >= 0.3 is 0 Å². The van der Waals surface area contributed by atoms with Crippen LogP contribution >= 0.6 is 0 Å². The minimum absolute atomic E-state index is 0.0224. The maximum Gasteiger partial charge on any atom is 0.220 e. The van der Waals surface area contributed by atoms with E-state index in [2.05, 4.69) is 0 Å². The molecule has 1 atom stereocenters. The van der Waals surface area contributed by atoms with E-state index in [-0.39, 0.29) is 17.7 Å². The first kappa shape index (κ1) is 14.2. The molecule has 1 unspecified atom stereocenters. The number of ketones is 2. The number of halogens is 1. The molecule has 0 heterocycles. The lowest BCUT2D eigenvalue weighted by atomic mass is 10.0. The molecule has 0 aliphatic rings. The van der Waals surface area contributed by atoms with Gasteiger partial charge in [0, 0.05) is 12.5 Å². The monoisotopic (exact) mass is 254 g/mol. The van der Waals surface area contributed by atoms with E-state index in [1.807, 2.05) is 0 Å². The Morgan fingerprint density at radius 1 is 1.28 bits per heavy atom. The van der Waals surface area contributed by atoms with Crippen LogP contribution in [-0.2, 0) is 4.79 Å². The number of rotatable bonds is 6. The third-order valence-electron chi connectivity index (χ3n) is 2.54. The van der Waals surface area contributed by atoms with Crippen LogP contribution in [0.4, 0.5) is 4.39 Å². The molecule has 0 saturated carbocycles. The molecule has 0 saturated heterocycles. The van der Waals surface area contributed by atoms with Crippen molar-refractivity contribution in [2.75, 3.05) is 14.2 Å². The highest BCUT2D eigenvalue weighted by Gasteiger charge is 2.28. The van der Waals surface area contributed by atoms with Crippen molar-refractivity contribution in [2.45, 2.75) is 19.5 Å². The maximum absolute atomic E-state index is 13.6. The number of methoxy groups -OCH3 is 2. The summed E-state index contributed by atoms with van der Waals surface area (Å²) in [5.41, 5.74) is 0.0348. The van der Waals surface area contributed by atoms with Crippen molar-refractivity contribution in [1.29, 1.82) is 0 Å². The fourth-order valence-corrected chi connectivity index (χ4v) is 1.46. The summed E-state index contributed by atoms with van der Waals surface area (Å²) in [6.45, 7) is 1.51. The Hall–Kier alpha value is -1.91. The molecular formula is C13H15FO4. The molecular weight excluding hydrogens is 239 g/mol. The molecule has 5 heteroatoms. The van der Waals surface area contributed by atoms with Crippen LogP contribution in [-0.4, -0.2) is 32.0 Å². The minimum atomic E-state index is -2.14. The van der Waals surface area contributed by atoms with Gasteiger partial charge in [-0.1, -0.05) is 6.92 Å². The van der Waals surface area contributed by atoms with E-state index >= 15 is 0 Å². The SMILES string of the molecule is CCC(=O)C(F)C(=O)c1ccc(OC)cc1OC. The smallest absolute Gasteiger partial charge is 0.220 e. The zero-order valence-corrected chi connectivity index (χ0v) is 10.5. The van der Waals surface area contributed by atoms with Gasteiger partial charge in [-0.25, -0.2) is 4.39 Å². The Balaban J connectivity index is 3.09. The number of Topliss-reactive ketones (excluding diaryl/α,β-unsaturated/α-hetero) is 2. The number of hydrogen-bond donors (Lipinski definition) is 0. The van der Waals surface area contributed by atoms with Gasteiger partial charge in [0.2, 0.25) is 12.0 Å². The fraction of sp³-hybridized carbons (Fsp3) is 0.385. The molecule has 0 radical (unpaired) electrons. The molecule has 1 rings (SSSR count). The molecule has 0 bridgehead atoms. The van der Waals surface area contributed by atoms with Gasteiger partial charge in [0.25, 0.3) is 0 Å². The highest BCUT2D eigenvalue weighted by Crippen LogP contribution is 2.26. The zero-order valence-electron chi connectivity index (χ0n) is 10.5. The number of hydrogen-bond acceptors (Lipinski definition) is 4. The predicted molar refractivity (Wildman–Crippen MR) is 64.1 cm³/mol. The average Bonchev–Trinajstić information content (AvgIpc) is 2.43. The molecule has 0 spiro atoms. The molecule has 18 heavy (non-hydrogen) atoms. The second-order valence-electron chi connectivity index (χ2n) is 3.61. The van der Waals surface area contributed by atoms with Gasteiger partial charge in [-0.05, 0) is 12.1 Å². The van der Waals surface area contributed by atoms with Crippen LogP contribution < -0.4 is 9.47 Å². The summed E-state index contributed by atoms with van der Waals surface area (Å²) < 4.78 is 23.6. The van der Waals surface area contributed by atoms with Crippen LogP contribution in [0.25, 0.3) is 0 Å². The zero-order chi connectivity index (χ0) is 13.7. The molecule has 4 nitrogen and oxygen atoms in total. The van der Waals surface area contributed by atoms with Crippen molar-refractivity contribution < 1.29 is 23.5 Å². The number of carbonyl (C=O) groups excluding carboxylic acids is 2. The van der Waals surface area contributed by atoms with Crippen molar-refractivity contribution in [3.8, 4) is 11.5 Å². The first-order valence-corrected chi connectivity index (χ1v) is 5.48. The summed E-state index contributed by atoms with van der Waals surface area (Å²) in [6.07, 6.45) is -2.16. The highest BCUT2D eigenvalue weighted by atomic mass is 19.1. The van der Waals surface area contributed by atoms with E-state index in [1.54, 1.807) is 0 Å². The molecule has 0 aliphatic carbocycles. The van der Waals surface area contributed by atoms with Gasteiger partial charge in [0.15, 0.2) is 5.78 Å². The maximum atomic E-state index is 13.6. The topological polar surface area (TPSA) is 52.6 Å². The summed E-state index contributed by atoms with van der Waals surface area (Å²) in [4.78, 5) is 23.0. The molecule has 98 valence electrons. The second kappa shape index (κ2) is 6.14. The van der Waals surface area contributed by atoms with E-state index in [9.17, 15) is 14.0 Å². The summed E-state index contributed by atoms with van der Waals surface area (Å²) in [6, 6.07) is 4.37. The standard InChI is InChI=1S/C13H15FO4/c1-4-10(15)12(14)13(16)9-6-5-8(17-2)7-11(9)18-3/h5-7,12H,4H2,1-3H3. The normalized spacial score (nSPS) is 11.8. The number of benzene rings is 1. The lowest BCUT2D eigenvalue weighted by Gasteiger charge is -2.11. The largest absolute Gasteiger partial charge is 0.497 e. The summed E-state index contributed by atoms with van der Waals surface area (Å²) in [5, 5.41) is 0. The van der Waals surface area contributed by atoms with Crippen LogP contribution in [0, 0.1) is 0 Å². The minimum Gasteiger partial charge on any atom is -0.497 e. The van der Waals surface area contributed by atoms with Crippen molar-refractivity contribution in [2.24, 2.45) is 0 Å². The highest BCUT2D eigenvalue weighted by molar-refractivity contribution is 6.14.